The number of carbonyl (C=O) groups excluding carboxylic acids is 3. The maximum absolute atomic E-state index is 12.8. The van der Waals surface area contributed by atoms with Gasteiger partial charge in [0.15, 0.2) is 5.92 Å². The molecule has 0 saturated carbocycles. The molecule has 7 heteroatoms. The second kappa shape index (κ2) is 8.90. The van der Waals surface area contributed by atoms with Gasteiger partial charge in [0, 0.05) is 18.7 Å². The molecule has 0 radical (unpaired) electrons. The van der Waals surface area contributed by atoms with Gasteiger partial charge in [-0.2, -0.15) is 0 Å². The number of amides is 4. The van der Waals surface area contributed by atoms with Crippen molar-refractivity contribution in [2.45, 2.75) is 32.6 Å². The number of benzene rings is 1. The second-order valence-corrected chi connectivity index (χ2v) is 7.17. The van der Waals surface area contributed by atoms with Gasteiger partial charge in [0.1, 0.15) is 0 Å². The molecule has 2 aliphatic heterocycles. The van der Waals surface area contributed by atoms with Crippen molar-refractivity contribution in [1.29, 1.82) is 0 Å². The quantitative estimate of drug-likeness (QED) is 0.441. The number of hydrogen-bond acceptors (Lipinski definition) is 4. The summed E-state index contributed by atoms with van der Waals surface area (Å²) in [7, 11) is 0. The minimum absolute atomic E-state index is 0.444. The van der Waals surface area contributed by atoms with E-state index in [0.29, 0.717) is 17.9 Å². The average Bonchev–Trinajstić information content (AvgIpc) is 2.66. The van der Waals surface area contributed by atoms with E-state index in [1.54, 1.807) is 42.2 Å². The molecular weight excluding hydrogens is 344 g/mol. The summed E-state index contributed by atoms with van der Waals surface area (Å²) in [6, 6.07) is 7.90. The molecule has 1 atom stereocenters. The maximum Gasteiger partial charge on any atom is 0.335 e. The van der Waals surface area contributed by atoms with Crippen molar-refractivity contribution in [1.82, 2.24) is 5.32 Å². The number of piperidine rings is 1. The van der Waals surface area contributed by atoms with Crippen molar-refractivity contribution in [2.75, 3.05) is 31.1 Å². The predicted octanol–water partition coefficient (Wildman–Crippen LogP) is 0.805. The van der Waals surface area contributed by atoms with Crippen molar-refractivity contribution >= 4 is 29.2 Å². The summed E-state index contributed by atoms with van der Waals surface area (Å²) < 4.78 is 0. The van der Waals surface area contributed by atoms with Crippen LogP contribution in [0.5, 0.6) is 0 Å². The molecule has 0 bridgehead atoms. The third kappa shape index (κ3) is 4.60. The highest BCUT2D eigenvalue weighted by atomic mass is 16.2. The number of anilines is 1. The van der Waals surface area contributed by atoms with Crippen LogP contribution < -0.4 is 15.1 Å². The van der Waals surface area contributed by atoms with Crippen molar-refractivity contribution in [3.05, 3.63) is 30.3 Å². The van der Waals surface area contributed by atoms with Crippen molar-refractivity contribution in [3.63, 3.8) is 0 Å². The summed E-state index contributed by atoms with van der Waals surface area (Å²) in [6.07, 6.45) is 4.84. The first-order valence-electron chi connectivity index (χ1n) is 9.66. The number of likely N-dealkylation sites (tertiary alicyclic amines) is 1. The highest BCUT2D eigenvalue weighted by molar-refractivity contribution is 6.35. The standard InChI is InChI=1S/C20H26N4O3/c1-15(21-11-8-14-23-12-6-3-7-13-23)17-18(25)22-20(27)24(19(17)26)16-9-4-2-5-10-16/h2,4-5,9-10,17H,3,6-8,11-14H2,1H3,(H,22,25,27)/p+1. The molecule has 144 valence electrons. The molecular formula is C20H27N4O3+. The van der Waals surface area contributed by atoms with E-state index < -0.39 is 23.8 Å². The number of barbiturate groups is 1. The molecule has 0 aromatic heterocycles. The summed E-state index contributed by atoms with van der Waals surface area (Å²) in [5.74, 6) is -2.19. The summed E-state index contributed by atoms with van der Waals surface area (Å²) in [6.45, 7) is 5.79. The highest BCUT2D eigenvalue weighted by Crippen LogP contribution is 2.21. The first kappa shape index (κ1) is 19.2. The Morgan fingerprint density at radius 2 is 1.85 bits per heavy atom. The number of nitrogens with one attached hydrogen (secondary N) is 2. The van der Waals surface area contributed by atoms with Crippen LogP contribution in [0.25, 0.3) is 0 Å². The fourth-order valence-corrected chi connectivity index (χ4v) is 3.74. The van der Waals surface area contributed by atoms with Gasteiger partial charge in [-0.05, 0) is 38.3 Å². The number of nitrogens with zero attached hydrogens (tertiary/aromatic N) is 2. The van der Waals surface area contributed by atoms with Gasteiger partial charge in [0.2, 0.25) is 5.91 Å². The van der Waals surface area contributed by atoms with E-state index in [9.17, 15) is 14.4 Å². The van der Waals surface area contributed by atoms with E-state index in [1.807, 2.05) is 0 Å². The van der Waals surface area contributed by atoms with Gasteiger partial charge < -0.3 is 4.90 Å². The SMILES string of the molecule is CC(=NCCC[NH+]1CCCCC1)C1C(=O)NC(=O)N(c2ccccc2)C1=O. The minimum atomic E-state index is -1.05. The van der Waals surface area contributed by atoms with Gasteiger partial charge >= 0.3 is 6.03 Å². The first-order valence-corrected chi connectivity index (χ1v) is 9.66. The molecule has 7 nitrogen and oxygen atoms in total. The Morgan fingerprint density at radius 3 is 2.56 bits per heavy atom. The monoisotopic (exact) mass is 371 g/mol. The normalized spacial score (nSPS) is 22.1. The number of quaternary nitrogens is 1. The average molecular weight is 371 g/mol. The summed E-state index contributed by atoms with van der Waals surface area (Å²) in [4.78, 5) is 44.3. The Bertz CT molecular complexity index is 726. The molecule has 3 rings (SSSR count). The predicted molar refractivity (Wildman–Crippen MR) is 103 cm³/mol. The van der Waals surface area contributed by atoms with Crippen molar-refractivity contribution in [3.8, 4) is 0 Å². The lowest BCUT2D eigenvalue weighted by Gasteiger charge is -2.30. The summed E-state index contributed by atoms with van der Waals surface area (Å²) in [5, 5.41) is 2.27. The molecule has 2 aliphatic rings. The smallest absolute Gasteiger partial charge is 0.335 e. The van der Waals surface area contributed by atoms with Crippen LogP contribution in [0.3, 0.4) is 0 Å². The molecule has 1 unspecified atom stereocenters. The molecule has 1 aromatic carbocycles. The van der Waals surface area contributed by atoms with E-state index in [4.69, 9.17) is 0 Å². The maximum atomic E-state index is 12.8. The number of carbonyl (C=O) groups is 3. The Morgan fingerprint density at radius 1 is 1.15 bits per heavy atom. The third-order valence-corrected chi connectivity index (χ3v) is 5.21. The van der Waals surface area contributed by atoms with Crippen LogP contribution in [-0.4, -0.2) is 49.7 Å². The lowest BCUT2D eigenvalue weighted by Crippen LogP contribution is -3.12. The lowest BCUT2D eigenvalue weighted by atomic mass is 9.99. The Kier molecular flexibility index (Phi) is 6.34. The highest BCUT2D eigenvalue weighted by Gasteiger charge is 2.42. The summed E-state index contributed by atoms with van der Waals surface area (Å²) in [5.41, 5.74) is 0.901. The first-order chi connectivity index (χ1) is 13.1. The van der Waals surface area contributed by atoms with Gasteiger partial charge in [-0.3, -0.25) is 19.9 Å². The Labute approximate surface area is 159 Å². The van der Waals surface area contributed by atoms with E-state index in [2.05, 4.69) is 10.3 Å². The molecule has 0 aliphatic carbocycles. The van der Waals surface area contributed by atoms with E-state index in [1.165, 1.54) is 32.4 Å². The van der Waals surface area contributed by atoms with Crippen LogP contribution in [0.15, 0.2) is 35.3 Å². The molecule has 4 amide bonds. The second-order valence-electron chi connectivity index (χ2n) is 7.17. The molecule has 1 aromatic rings. The fraction of sp³-hybridized carbons (Fsp3) is 0.500. The van der Waals surface area contributed by atoms with Gasteiger partial charge in [-0.25, -0.2) is 9.69 Å². The van der Waals surface area contributed by atoms with Gasteiger partial charge in [-0.1, -0.05) is 18.2 Å². The number of rotatable bonds is 6. The van der Waals surface area contributed by atoms with Crippen LogP contribution in [0.1, 0.15) is 32.6 Å². The molecule has 0 spiro atoms. The topological polar surface area (TPSA) is 83.3 Å². The summed E-state index contributed by atoms with van der Waals surface area (Å²) >= 11 is 0. The Hall–Kier alpha value is -2.54. The molecule has 2 saturated heterocycles. The zero-order chi connectivity index (χ0) is 19.2. The van der Waals surface area contributed by atoms with Crippen LogP contribution in [0, 0.1) is 5.92 Å². The van der Waals surface area contributed by atoms with Crippen LogP contribution in [0.4, 0.5) is 10.5 Å². The van der Waals surface area contributed by atoms with Gasteiger partial charge in [-0.15, -0.1) is 0 Å². The molecule has 2 heterocycles. The van der Waals surface area contributed by atoms with Gasteiger partial charge in [0.05, 0.1) is 25.3 Å². The van der Waals surface area contributed by atoms with E-state index >= 15 is 0 Å². The molecule has 27 heavy (non-hydrogen) atoms. The van der Waals surface area contributed by atoms with Crippen LogP contribution in [0.2, 0.25) is 0 Å². The zero-order valence-corrected chi connectivity index (χ0v) is 15.7. The number of hydrogen-bond donors (Lipinski definition) is 2. The Balaban J connectivity index is 1.63. The lowest BCUT2D eigenvalue weighted by molar-refractivity contribution is -0.904. The minimum Gasteiger partial charge on any atom is -0.335 e. The number of urea groups is 1. The number of para-hydroxylation sites is 1. The van der Waals surface area contributed by atoms with Gasteiger partial charge in [0.25, 0.3) is 5.91 Å². The van der Waals surface area contributed by atoms with Crippen molar-refractivity contribution in [2.24, 2.45) is 10.9 Å². The number of imide groups is 2. The van der Waals surface area contributed by atoms with E-state index in [-0.39, 0.29) is 0 Å². The largest absolute Gasteiger partial charge is 0.335 e. The van der Waals surface area contributed by atoms with Crippen LogP contribution in [-0.2, 0) is 9.59 Å². The van der Waals surface area contributed by atoms with E-state index in [0.717, 1.165) is 17.9 Å². The third-order valence-electron chi connectivity index (χ3n) is 5.21. The molecule has 2 N–H and O–H groups in total. The van der Waals surface area contributed by atoms with Crippen molar-refractivity contribution < 1.29 is 19.3 Å². The molecule has 2 fully saturated rings. The fourth-order valence-electron chi connectivity index (χ4n) is 3.74. The number of aliphatic imine (C=N–C) groups is 1. The van der Waals surface area contributed by atoms with Crippen LogP contribution >= 0.6 is 0 Å². The zero-order valence-electron chi connectivity index (χ0n) is 15.7.